The van der Waals surface area contributed by atoms with E-state index in [1.165, 1.54) is 12.1 Å². The molecule has 1 N–H and O–H groups in total. The van der Waals surface area contributed by atoms with E-state index in [2.05, 4.69) is 5.32 Å². The Morgan fingerprint density at radius 2 is 1.96 bits per heavy atom. The molecule has 0 saturated carbocycles. The van der Waals surface area contributed by atoms with Gasteiger partial charge in [0.2, 0.25) is 5.91 Å². The molecule has 4 nitrogen and oxygen atoms in total. The number of nitriles is 1. The number of halogens is 1. The van der Waals surface area contributed by atoms with Crippen molar-refractivity contribution < 1.29 is 9.18 Å². The van der Waals surface area contributed by atoms with Crippen molar-refractivity contribution >= 4 is 5.91 Å². The van der Waals surface area contributed by atoms with Gasteiger partial charge in [0, 0.05) is 6.54 Å². The summed E-state index contributed by atoms with van der Waals surface area (Å²) in [5, 5.41) is 11.6. The molecule has 0 bridgehead atoms. The predicted octanol–water partition coefficient (Wildman–Crippen LogP) is 2.62. The molecular formula is C18H18FN3O. The van der Waals surface area contributed by atoms with E-state index in [4.69, 9.17) is 5.26 Å². The summed E-state index contributed by atoms with van der Waals surface area (Å²) in [4.78, 5) is 14.2. The highest BCUT2D eigenvalue weighted by Gasteiger charge is 2.22. The topological polar surface area (TPSA) is 56.1 Å². The number of benzene rings is 2. The minimum Gasteiger partial charge on any atom is -0.350 e. The monoisotopic (exact) mass is 311 g/mol. The van der Waals surface area contributed by atoms with Crippen molar-refractivity contribution in [2.24, 2.45) is 0 Å². The smallest absolute Gasteiger partial charge is 0.242 e. The number of carbonyl (C=O) groups excluding carboxylic acids is 1. The number of nitrogens with one attached hydrogen (secondary N) is 1. The molecule has 0 aliphatic heterocycles. The van der Waals surface area contributed by atoms with E-state index in [0.717, 1.165) is 5.56 Å². The van der Waals surface area contributed by atoms with Crippen LogP contribution in [0.2, 0.25) is 0 Å². The fourth-order valence-electron chi connectivity index (χ4n) is 2.34. The summed E-state index contributed by atoms with van der Waals surface area (Å²) >= 11 is 0. The number of carbonyl (C=O) groups is 1. The molecule has 2 aromatic carbocycles. The molecule has 5 heteroatoms. The highest BCUT2D eigenvalue weighted by molar-refractivity contribution is 5.83. The number of amides is 1. The van der Waals surface area contributed by atoms with Crippen molar-refractivity contribution in [2.75, 3.05) is 14.1 Å². The summed E-state index contributed by atoms with van der Waals surface area (Å²) in [6.07, 6.45) is 0. The predicted molar refractivity (Wildman–Crippen MR) is 85.8 cm³/mol. The minimum atomic E-state index is -0.566. The molecule has 0 fully saturated rings. The van der Waals surface area contributed by atoms with Crippen molar-refractivity contribution in [1.29, 1.82) is 5.26 Å². The number of nitrogens with zero attached hydrogens (tertiary/aromatic N) is 2. The maximum Gasteiger partial charge on any atom is 0.242 e. The molecule has 0 saturated heterocycles. The van der Waals surface area contributed by atoms with E-state index in [9.17, 15) is 9.18 Å². The van der Waals surface area contributed by atoms with Crippen LogP contribution in [0.4, 0.5) is 4.39 Å². The van der Waals surface area contributed by atoms with Gasteiger partial charge in [-0.25, -0.2) is 4.39 Å². The van der Waals surface area contributed by atoms with Gasteiger partial charge in [-0.2, -0.15) is 5.26 Å². The molecule has 1 amide bonds. The SMILES string of the molecule is CN(C)C(C(=O)NCc1ccc(C#N)cc1)c1cccc(F)c1. The average molecular weight is 311 g/mol. The Morgan fingerprint density at radius 1 is 1.26 bits per heavy atom. The lowest BCUT2D eigenvalue weighted by molar-refractivity contribution is -0.125. The van der Waals surface area contributed by atoms with Crippen LogP contribution in [0.25, 0.3) is 0 Å². The molecular weight excluding hydrogens is 293 g/mol. The van der Waals surface area contributed by atoms with Crippen LogP contribution >= 0.6 is 0 Å². The van der Waals surface area contributed by atoms with Crippen LogP contribution in [0, 0.1) is 17.1 Å². The first kappa shape index (κ1) is 16.7. The van der Waals surface area contributed by atoms with Crippen LogP contribution in [0.15, 0.2) is 48.5 Å². The number of rotatable bonds is 5. The van der Waals surface area contributed by atoms with E-state index >= 15 is 0 Å². The summed E-state index contributed by atoms with van der Waals surface area (Å²) in [6.45, 7) is 0.351. The Bertz CT molecular complexity index is 720. The maximum absolute atomic E-state index is 13.4. The lowest BCUT2D eigenvalue weighted by Crippen LogP contribution is -2.36. The highest BCUT2D eigenvalue weighted by Crippen LogP contribution is 2.19. The molecule has 2 rings (SSSR count). The second kappa shape index (κ2) is 7.52. The third-order valence-corrected chi connectivity index (χ3v) is 3.48. The van der Waals surface area contributed by atoms with Crippen LogP contribution < -0.4 is 5.32 Å². The first-order valence-corrected chi connectivity index (χ1v) is 7.20. The Kier molecular flexibility index (Phi) is 5.45. The van der Waals surface area contributed by atoms with Gasteiger partial charge in [-0.15, -0.1) is 0 Å². The van der Waals surface area contributed by atoms with Crippen molar-refractivity contribution in [3.8, 4) is 6.07 Å². The van der Waals surface area contributed by atoms with E-state index < -0.39 is 6.04 Å². The molecule has 0 heterocycles. The van der Waals surface area contributed by atoms with Gasteiger partial charge in [-0.05, 0) is 49.5 Å². The van der Waals surface area contributed by atoms with E-state index in [1.54, 1.807) is 55.4 Å². The number of hydrogen-bond donors (Lipinski definition) is 1. The van der Waals surface area contributed by atoms with Crippen LogP contribution in [-0.4, -0.2) is 24.9 Å². The van der Waals surface area contributed by atoms with Gasteiger partial charge in [0.25, 0.3) is 0 Å². The molecule has 118 valence electrons. The Hall–Kier alpha value is -2.71. The average Bonchev–Trinajstić information content (AvgIpc) is 2.53. The molecule has 23 heavy (non-hydrogen) atoms. The van der Waals surface area contributed by atoms with Gasteiger partial charge in [0.1, 0.15) is 11.9 Å². The third kappa shape index (κ3) is 4.38. The summed E-state index contributed by atoms with van der Waals surface area (Å²) in [5.74, 6) is -0.570. The minimum absolute atomic E-state index is 0.204. The Labute approximate surface area is 135 Å². The summed E-state index contributed by atoms with van der Waals surface area (Å²) in [5.41, 5.74) is 2.08. The molecule has 0 aliphatic carbocycles. The first-order valence-electron chi connectivity index (χ1n) is 7.20. The normalized spacial score (nSPS) is 11.8. The summed E-state index contributed by atoms with van der Waals surface area (Å²) in [7, 11) is 3.55. The first-order chi connectivity index (χ1) is 11.0. The van der Waals surface area contributed by atoms with Gasteiger partial charge in [0.05, 0.1) is 11.6 Å². The molecule has 0 radical (unpaired) electrons. The third-order valence-electron chi connectivity index (χ3n) is 3.48. The Balaban J connectivity index is 2.08. The number of hydrogen-bond acceptors (Lipinski definition) is 3. The van der Waals surface area contributed by atoms with Gasteiger partial charge in [-0.1, -0.05) is 24.3 Å². The highest BCUT2D eigenvalue weighted by atomic mass is 19.1. The molecule has 0 aliphatic rings. The lowest BCUT2D eigenvalue weighted by atomic mass is 10.0. The van der Waals surface area contributed by atoms with Gasteiger partial charge in [0.15, 0.2) is 0 Å². The largest absolute Gasteiger partial charge is 0.350 e. The zero-order valence-corrected chi connectivity index (χ0v) is 13.1. The molecule has 0 spiro atoms. The van der Waals surface area contributed by atoms with Crippen molar-refractivity contribution in [3.05, 3.63) is 71.0 Å². The Morgan fingerprint density at radius 3 is 2.52 bits per heavy atom. The zero-order valence-electron chi connectivity index (χ0n) is 13.1. The van der Waals surface area contributed by atoms with E-state index in [0.29, 0.717) is 17.7 Å². The van der Waals surface area contributed by atoms with Crippen LogP contribution in [0.5, 0.6) is 0 Å². The fraction of sp³-hybridized carbons (Fsp3) is 0.222. The van der Waals surface area contributed by atoms with Gasteiger partial charge in [-0.3, -0.25) is 9.69 Å². The fourth-order valence-corrected chi connectivity index (χ4v) is 2.34. The lowest BCUT2D eigenvalue weighted by Gasteiger charge is -2.24. The maximum atomic E-state index is 13.4. The molecule has 1 atom stereocenters. The molecule has 2 aromatic rings. The van der Waals surface area contributed by atoms with Crippen LogP contribution in [-0.2, 0) is 11.3 Å². The van der Waals surface area contributed by atoms with Crippen molar-refractivity contribution in [3.63, 3.8) is 0 Å². The number of likely N-dealkylation sites (N-methyl/N-ethyl adjacent to an activating group) is 1. The zero-order chi connectivity index (χ0) is 16.8. The quantitative estimate of drug-likeness (QED) is 0.923. The van der Waals surface area contributed by atoms with Gasteiger partial charge < -0.3 is 5.32 Å². The van der Waals surface area contributed by atoms with Crippen LogP contribution in [0.3, 0.4) is 0 Å². The molecule has 0 aromatic heterocycles. The van der Waals surface area contributed by atoms with Crippen molar-refractivity contribution in [2.45, 2.75) is 12.6 Å². The second-order valence-electron chi connectivity index (χ2n) is 5.45. The van der Waals surface area contributed by atoms with Crippen molar-refractivity contribution in [1.82, 2.24) is 10.2 Å². The second-order valence-corrected chi connectivity index (χ2v) is 5.45. The molecule has 1 unspecified atom stereocenters. The summed E-state index contributed by atoms with van der Waals surface area (Å²) in [6, 6.07) is 14.5. The van der Waals surface area contributed by atoms with Crippen LogP contribution in [0.1, 0.15) is 22.7 Å². The van der Waals surface area contributed by atoms with E-state index in [1.807, 2.05) is 6.07 Å². The summed E-state index contributed by atoms with van der Waals surface area (Å²) < 4.78 is 13.4. The van der Waals surface area contributed by atoms with E-state index in [-0.39, 0.29) is 11.7 Å². The standard InChI is InChI=1S/C18H18FN3O/c1-22(2)17(15-4-3-5-16(19)10-15)18(23)21-12-14-8-6-13(11-20)7-9-14/h3-10,17H,12H2,1-2H3,(H,21,23). The van der Waals surface area contributed by atoms with Gasteiger partial charge >= 0.3 is 0 Å².